The molecule has 1 heterocycles. The molecule has 292 valence electrons. The molecule has 0 bridgehead atoms. The molecule has 0 saturated carbocycles. The number of para-hydroxylation sites is 1. The van der Waals surface area contributed by atoms with E-state index in [1.165, 1.54) is 44.5 Å². The molecule has 62 heavy (non-hydrogen) atoms. The Balaban J connectivity index is 0.912. The average Bonchev–Trinajstić information content (AvgIpc) is 3.73. The van der Waals surface area contributed by atoms with Gasteiger partial charge in [-0.2, -0.15) is 0 Å². The lowest BCUT2D eigenvalue weighted by molar-refractivity contribution is 0.669. The first kappa shape index (κ1) is 36.8. The van der Waals surface area contributed by atoms with Crippen molar-refractivity contribution in [2.45, 2.75) is 0 Å². The normalized spacial score (nSPS) is 11.2. The van der Waals surface area contributed by atoms with Crippen LogP contribution in [-0.4, -0.2) is 0 Å². The van der Waals surface area contributed by atoms with E-state index >= 15 is 0 Å². The van der Waals surface area contributed by atoms with Crippen molar-refractivity contribution >= 4 is 39.0 Å². The predicted octanol–water partition coefficient (Wildman–Crippen LogP) is 17.1. The molecule has 11 rings (SSSR count). The van der Waals surface area contributed by atoms with E-state index in [-0.39, 0.29) is 0 Å². The summed E-state index contributed by atoms with van der Waals surface area (Å²) in [6.07, 6.45) is 0. The van der Waals surface area contributed by atoms with E-state index in [1.807, 2.05) is 12.1 Å². The maximum atomic E-state index is 6.36. The van der Waals surface area contributed by atoms with E-state index in [4.69, 9.17) is 4.42 Å². The second-order valence-corrected chi connectivity index (χ2v) is 15.7. The van der Waals surface area contributed by atoms with Crippen LogP contribution in [-0.2, 0) is 0 Å². The van der Waals surface area contributed by atoms with Gasteiger partial charge in [0.2, 0.25) is 0 Å². The van der Waals surface area contributed by atoms with Crippen LogP contribution in [0.25, 0.3) is 88.7 Å². The Morgan fingerprint density at radius 2 is 0.532 bits per heavy atom. The number of hydrogen-bond donors (Lipinski definition) is 0. The molecule has 0 atom stereocenters. The highest BCUT2D eigenvalue weighted by Crippen LogP contribution is 2.41. The molecule has 0 unspecified atom stereocenters. The van der Waals surface area contributed by atoms with Crippen LogP contribution < -0.4 is 4.90 Å². The fraction of sp³-hybridized carbons (Fsp3) is 0. The minimum atomic E-state index is 0.895. The molecule has 11 aromatic rings. The van der Waals surface area contributed by atoms with Gasteiger partial charge in [0, 0.05) is 27.8 Å². The third-order valence-corrected chi connectivity index (χ3v) is 11.9. The van der Waals surface area contributed by atoms with Crippen molar-refractivity contribution < 1.29 is 4.42 Å². The van der Waals surface area contributed by atoms with Gasteiger partial charge >= 0.3 is 0 Å². The molecule has 1 aromatic heterocycles. The SMILES string of the molecule is c1ccc(-c2ccc(-c3ccc(N(c4ccc(-c5ccccc5)cc4)c4ccc(-c5ccc(-c6cc7oc8ccccc8c7cc6-c6ccccc6)cc5)cc4)cc3)cc2)cc1. The summed E-state index contributed by atoms with van der Waals surface area (Å²) in [5, 5.41) is 2.26. The van der Waals surface area contributed by atoms with Crippen molar-refractivity contribution in [1.29, 1.82) is 0 Å². The minimum Gasteiger partial charge on any atom is -0.456 e. The average molecular weight is 792 g/mol. The molecule has 0 fully saturated rings. The van der Waals surface area contributed by atoms with Gasteiger partial charge in [0.05, 0.1) is 0 Å². The minimum absolute atomic E-state index is 0.895. The van der Waals surface area contributed by atoms with E-state index in [0.717, 1.165) is 61.3 Å². The molecule has 0 amide bonds. The summed E-state index contributed by atoms with van der Waals surface area (Å²) >= 11 is 0. The summed E-state index contributed by atoms with van der Waals surface area (Å²) in [5.74, 6) is 0. The zero-order chi connectivity index (χ0) is 41.2. The Bertz CT molecular complexity index is 3260. The predicted molar refractivity (Wildman–Crippen MR) is 261 cm³/mol. The van der Waals surface area contributed by atoms with E-state index in [2.05, 4.69) is 241 Å². The largest absolute Gasteiger partial charge is 0.456 e. The van der Waals surface area contributed by atoms with Gasteiger partial charge in [-0.25, -0.2) is 0 Å². The van der Waals surface area contributed by atoms with Gasteiger partial charge in [-0.3, -0.25) is 0 Å². The monoisotopic (exact) mass is 791 g/mol. The zero-order valence-corrected chi connectivity index (χ0v) is 34.0. The summed E-state index contributed by atoms with van der Waals surface area (Å²) in [4.78, 5) is 2.34. The Morgan fingerprint density at radius 1 is 0.226 bits per heavy atom. The quantitative estimate of drug-likeness (QED) is 0.145. The highest BCUT2D eigenvalue weighted by molar-refractivity contribution is 6.09. The van der Waals surface area contributed by atoms with Gasteiger partial charge in [-0.1, -0.05) is 194 Å². The number of fused-ring (bicyclic) bond motifs is 3. The van der Waals surface area contributed by atoms with Crippen LogP contribution >= 0.6 is 0 Å². The first-order valence-electron chi connectivity index (χ1n) is 21.2. The summed E-state index contributed by atoms with van der Waals surface area (Å²) in [6.45, 7) is 0. The van der Waals surface area contributed by atoms with Crippen LogP contribution in [0.15, 0.2) is 253 Å². The number of benzene rings is 10. The van der Waals surface area contributed by atoms with Gasteiger partial charge in [0.25, 0.3) is 0 Å². The molecule has 0 radical (unpaired) electrons. The Kier molecular flexibility index (Phi) is 9.57. The first-order valence-corrected chi connectivity index (χ1v) is 21.2. The molecule has 10 aromatic carbocycles. The number of furan rings is 1. The van der Waals surface area contributed by atoms with E-state index in [0.29, 0.717) is 0 Å². The van der Waals surface area contributed by atoms with Crippen molar-refractivity contribution in [3.8, 4) is 66.8 Å². The van der Waals surface area contributed by atoms with Gasteiger partial charge in [0.1, 0.15) is 11.2 Å². The maximum absolute atomic E-state index is 6.36. The molecule has 0 aliphatic heterocycles. The van der Waals surface area contributed by atoms with Crippen LogP contribution in [0, 0.1) is 0 Å². The lowest BCUT2D eigenvalue weighted by Crippen LogP contribution is -2.09. The fourth-order valence-corrected chi connectivity index (χ4v) is 8.68. The highest BCUT2D eigenvalue weighted by atomic mass is 16.3. The molecule has 0 aliphatic rings. The summed E-state index contributed by atoms with van der Waals surface area (Å²) in [5.41, 5.74) is 19.3. The molecule has 0 N–H and O–H groups in total. The molecule has 0 aliphatic carbocycles. The van der Waals surface area contributed by atoms with Crippen molar-refractivity contribution in [1.82, 2.24) is 0 Å². The molecular formula is C60H41NO. The van der Waals surface area contributed by atoms with Gasteiger partial charge in [-0.15, -0.1) is 0 Å². The van der Waals surface area contributed by atoms with Crippen molar-refractivity contribution in [3.63, 3.8) is 0 Å². The van der Waals surface area contributed by atoms with Crippen LogP contribution in [0.3, 0.4) is 0 Å². The number of rotatable bonds is 9. The van der Waals surface area contributed by atoms with Crippen LogP contribution in [0.5, 0.6) is 0 Å². The van der Waals surface area contributed by atoms with Crippen LogP contribution in [0.4, 0.5) is 17.1 Å². The molecule has 0 spiro atoms. The van der Waals surface area contributed by atoms with Crippen molar-refractivity contribution in [3.05, 3.63) is 249 Å². The zero-order valence-electron chi connectivity index (χ0n) is 34.0. The Morgan fingerprint density at radius 3 is 0.968 bits per heavy atom. The van der Waals surface area contributed by atoms with Gasteiger partial charge in [0.15, 0.2) is 0 Å². The van der Waals surface area contributed by atoms with E-state index < -0.39 is 0 Å². The standard InChI is InChI=1S/C60H41NO/c1-4-12-42(13-5-1)44-20-22-45(23-21-44)48-30-36-53(37-31-48)61(52-34-28-47(29-35-52)43-14-6-2-7-15-43)54-38-32-49(33-39-54)46-24-26-51(27-25-46)57-41-60-58(55-18-10-11-19-59(55)62-60)40-56(57)50-16-8-3-9-17-50/h1-41H. The van der Waals surface area contributed by atoms with Crippen molar-refractivity contribution in [2.75, 3.05) is 4.90 Å². The second kappa shape index (κ2) is 16.1. The van der Waals surface area contributed by atoms with Crippen molar-refractivity contribution in [2.24, 2.45) is 0 Å². The topological polar surface area (TPSA) is 16.4 Å². The van der Waals surface area contributed by atoms with Crippen LogP contribution in [0.1, 0.15) is 0 Å². The number of anilines is 3. The third-order valence-electron chi connectivity index (χ3n) is 11.9. The molecule has 0 saturated heterocycles. The highest BCUT2D eigenvalue weighted by Gasteiger charge is 2.17. The third kappa shape index (κ3) is 7.14. The summed E-state index contributed by atoms with van der Waals surface area (Å²) < 4.78 is 6.36. The molecular weight excluding hydrogens is 751 g/mol. The fourth-order valence-electron chi connectivity index (χ4n) is 8.68. The van der Waals surface area contributed by atoms with E-state index in [1.54, 1.807) is 0 Å². The lowest BCUT2D eigenvalue weighted by atomic mass is 9.92. The Labute approximate surface area is 362 Å². The van der Waals surface area contributed by atoms with Gasteiger partial charge < -0.3 is 9.32 Å². The van der Waals surface area contributed by atoms with Gasteiger partial charge in [-0.05, 0) is 121 Å². The summed E-state index contributed by atoms with van der Waals surface area (Å²) in [7, 11) is 0. The van der Waals surface area contributed by atoms with Crippen LogP contribution in [0.2, 0.25) is 0 Å². The molecule has 2 heteroatoms. The summed E-state index contributed by atoms with van der Waals surface area (Å²) in [6, 6.07) is 88.9. The smallest absolute Gasteiger partial charge is 0.136 e. The number of hydrogen-bond acceptors (Lipinski definition) is 2. The lowest BCUT2D eigenvalue weighted by Gasteiger charge is -2.26. The Hall–Kier alpha value is -8.20. The second-order valence-electron chi connectivity index (χ2n) is 15.7. The first-order chi connectivity index (χ1) is 30.7. The van der Waals surface area contributed by atoms with E-state index in [9.17, 15) is 0 Å². The maximum Gasteiger partial charge on any atom is 0.136 e. The number of nitrogens with zero attached hydrogens (tertiary/aromatic N) is 1. The molecule has 2 nitrogen and oxygen atoms in total.